The van der Waals surface area contributed by atoms with Crippen LogP contribution in [0.4, 0.5) is 13.2 Å². The topological polar surface area (TPSA) is 108 Å². The molecule has 0 radical (unpaired) electrons. The lowest BCUT2D eigenvalue weighted by atomic mass is 9.94. The SMILES string of the molecule is C=CC(=O)N1C[C@H](C)N=C(/C=C(\N)c2nc(-c3ccc4c(c3)nc(C)n4C)c3scc(F)c3c2-c2c(F)cc(F)cc2OCC)[C@H]1C.COC. The van der Waals surface area contributed by atoms with Crippen LogP contribution in [0.1, 0.15) is 32.3 Å². The first-order valence-corrected chi connectivity index (χ1v) is 16.8. The highest BCUT2D eigenvalue weighted by atomic mass is 32.1. The van der Waals surface area contributed by atoms with Crippen molar-refractivity contribution >= 4 is 49.8 Å². The first kappa shape index (κ1) is 36.3. The minimum Gasteiger partial charge on any atom is -0.493 e. The number of ether oxygens (including phenoxy) is 2. The molecule has 4 heterocycles. The zero-order valence-corrected chi connectivity index (χ0v) is 29.8. The van der Waals surface area contributed by atoms with Gasteiger partial charge in [-0.05, 0) is 52.0 Å². The molecule has 0 bridgehead atoms. The maximum atomic E-state index is 16.0. The molecule has 6 rings (SSSR count). The van der Waals surface area contributed by atoms with Crippen molar-refractivity contribution < 1.29 is 27.4 Å². The van der Waals surface area contributed by atoms with Crippen molar-refractivity contribution in [2.75, 3.05) is 27.4 Å². The van der Waals surface area contributed by atoms with Gasteiger partial charge in [-0.25, -0.2) is 23.1 Å². The van der Waals surface area contributed by atoms with E-state index in [4.69, 9.17) is 20.4 Å². The summed E-state index contributed by atoms with van der Waals surface area (Å²) in [6.07, 6.45) is 2.81. The fourth-order valence-electron chi connectivity index (χ4n) is 6.05. The molecule has 9 nitrogen and oxygen atoms in total. The third kappa shape index (κ3) is 6.75. The van der Waals surface area contributed by atoms with E-state index in [0.29, 0.717) is 28.2 Å². The summed E-state index contributed by atoms with van der Waals surface area (Å²) in [6, 6.07) is 6.69. The van der Waals surface area contributed by atoms with Gasteiger partial charge in [-0.1, -0.05) is 12.6 Å². The fourth-order valence-corrected chi connectivity index (χ4v) is 6.98. The number of carbonyl (C=O) groups is 1. The first-order valence-electron chi connectivity index (χ1n) is 15.9. The molecule has 1 amide bonds. The van der Waals surface area contributed by atoms with Gasteiger partial charge in [-0.3, -0.25) is 9.79 Å². The zero-order chi connectivity index (χ0) is 36.4. The molecule has 2 N–H and O–H groups in total. The van der Waals surface area contributed by atoms with Gasteiger partial charge in [0.15, 0.2) is 0 Å². The highest BCUT2D eigenvalue weighted by Gasteiger charge is 2.31. The third-order valence-electron chi connectivity index (χ3n) is 8.38. The van der Waals surface area contributed by atoms with Gasteiger partial charge in [0.05, 0.1) is 62.8 Å². The van der Waals surface area contributed by atoms with Crippen LogP contribution >= 0.6 is 11.3 Å². The van der Waals surface area contributed by atoms with Crippen LogP contribution in [0.2, 0.25) is 0 Å². The number of amides is 1. The van der Waals surface area contributed by atoms with Gasteiger partial charge >= 0.3 is 0 Å². The Hall–Kier alpha value is -5.01. The summed E-state index contributed by atoms with van der Waals surface area (Å²) >= 11 is 1.11. The molecule has 3 aromatic heterocycles. The Bertz CT molecular complexity index is 2170. The molecular formula is C37H39F3N6O3S. The van der Waals surface area contributed by atoms with Crippen molar-refractivity contribution in [2.45, 2.75) is 39.8 Å². The molecule has 0 unspecified atom stereocenters. The van der Waals surface area contributed by atoms with E-state index in [2.05, 4.69) is 16.3 Å². The standard InChI is InChI=1S/C35H33F3N6O2S.C2H6O/c1-7-29(45)44-15-17(3)40-25(18(44)4)14-24(39)34-32(30-22(37)12-21(36)13-28(30)46-8-2)31-23(38)16-47-35(31)33(42-34)20-9-10-27-26(11-20)41-19(5)43(27)6;1-3-2/h7,9-14,16-18H,1,8,15,39H2,2-6H3;1-2H3/b24-14-;/t17-,18+;/m0./s1. The summed E-state index contributed by atoms with van der Waals surface area (Å²) < 4.78 is 58.7. The number of nitrogens with zero attached hydrogens (tertiary/aromatic N) is 5. The number of imidazole rings is 1. The molecule has 0 aliphatic carbocycles. The Morgan fingerprint density at radius 2 is 1.84 bits per heavy atom. The van der Waals surface area contributed by atoms with Gasteiger partial charge in [0.2, 0.25) is 5.91 Å². The summed E-state index contributed by atoms with van der Waals surface area (Å²) in [5, 5.41) is 1.38. The number of hydrogen-bond donors (Lipinski definition) is 1. The van der Waals surface area contributed by atoms with E-state index >= 15 is 8.78 Å². The minimum absolute atomic E-state index is 0.0168. The molecule has 13 heteroatoms. The number of benzene rings is 2. The molecule has 50 heavy (non-hydrogen) atoms. The van der Waals surface area contributed by atoms with Crippen LogP contribution in [0.5, 0.6) is 5.75 Å². The van der Waals surface area contributed by atoms with E-state index in [0.717, 1.165) is 40.3 Å². The molecule has 262 valence electrons. The predicted octanol–water partition coefficient (Wildman–Crippen LogP) is 7.45. The fraction of sp³-hybridized carbons (Fsp3) is 0.297. The molecule has 1 aliphatic rings. The lowest BCUT2D eigenvalue weighted by Crippen LogP contribution is -2.49. The molecule has 5 aromatic rings. The Morgan fingerprint density at radius 1 is 1.12 bits per heavy atom. The van der Waals surface area contributed by atoms with Gasteiger partial charge in [0, 0.05) is 61.8 Å². The number of carbonyl (C=O) groups excluding carboxylic acids is 1. The number of aryl methyl sites for hydroxylation is 2. The monoisotopic (exact) mass is 704 g/mol. The smallest absolute Gasteiger partial charge is 0.246 e. The molecule has 0 saturated heterocycles. The number of nitrogens with two attached hydrogens (primary N) is 1. The van der Waals surface area contributed by atoms with Crippen LogP contribution in [-0.4, -0.2) is 70.5 Å². The second kappa shape index (κ2) is 14.9. The van der Waals surface area contributed by atoms with E-state index in [9.17, 15) is 9.18 Å². The summed E-state index contributed by atoms with van der Waals surface area (Å²) in [4.78, 5) is 28.7. The number of rotatable bonds is 7. The molecule has 2 aromatic carbocycles. The number of halogens is 3. The summed E-state index contributed by atoms with van der Waals surface area (Å²) in [6.45, 7) is 11.4. The number of aromatic nitrogens is 3. The first-order chi connectivity index (χ1) is 23.8. The molecular weight excluding hydrogens is 666 g/mol. The normalized spacial score (nSPS) is 16.3. The molecule has 1 aliphatic heterocycles. The number of pyridine rings is 1. The summed E-state index contributed by atoms with van der Waals surface area (Å²) in [7, 11) is 5.17. The largest absolute Gasteiger partial charge is 0.493 e. The number of hydrogen-bond acceptors (Lipinski definition) is 8. The Labute approximate surface area is 292 Å². The molecule has 0 fully saturated rings. The van der Waals surface area contributed by atoms with Crippen molar-refractivity contribution in [2.24, 2.45) is 17.8 Å². The van der Waals surface area contributed by atoms with Crippen molar-refractivity contribution in [1.82, 2.24) is 19.4 Å². The quantitative estimate of drug-likeness (QED) is 0.177. The van der Waals surface area contributed by atoms with Crippen LogP contribution in [0.25, 0.3) is 49.2 Å². The summed E-state index contributed by atoms with van der Waals surface area (Å²) in [5.74, 6) is -2.01. The second-order valence-electron chi connectivity index (χ2n) is 11.9. The van der Waals surface area contributed by atoms with Gasteiger partial charge in [0.1, 0.15) is 29.0 Å². The maximum absolute atomic E-state index is 16.0. The number of thiophene rings is 1. The van der Waals surface area contributed by atoms with Crippen LogP contribution < -0.4 is 10.5 Å². The second-order valence-corrected chi connectivity index (χ2v) is 12.7. The van der Waals surface area contributed by atoms with Crippen LogP contribution in [0, 0.1) is 24.4 Å². The van der Waals surface area contributed by atoms with Crippen LogP contribution in [0.15, 0.2) is 59.4 Å². The highest BCUT2D eigenvalue weighted by molar-refractivity contribution is 7.17. The van der Waals surface area contributed by atoms with E-state index in [-0.39, 0.29) is 52.2 Å². The van der Waals surface area contributed by atoms with E-state index < -0.39 is 23.5 Å². The van der Waals surface area contributed by atoms with E-state index in [1.165, 1.54) is 11.5 Å². The minimum atomic E-state index is -0.964. The zero-order valence-electron chi connectivity index (χ0n) is 29.0. The highest BCUT2D eigenvalue weighted by Crippen LogP contribution is 2.46. The maximum Gasteiger partial charge on any atom is 0.246 e. The Balaban J connectivity index is 0.00000156. The van der Waals surface area contributed by atoms with Gasteiger partial charge in [-0.2, -0.15) is 0 Å². The van der Waals surface area contributed by atoms with Crippen molar-refractivity contribution in [1.29, 1.82) is 0 Å². The number of fused-ring (bicyclic) bond motifs is 2. The van der Waals surface area contributed by atoms with E-state index in [1.807, 2.05) is 50.6 Å². The Morgan fingerprint density at radius 3 is 2.52 bits per heavy atom. The number of methoxy groups -OCH3 is 1. The molecule has 2 atom stereocenters. The number of aliphatic imine (C=N–C) groups is 1. The van der Waals surface area contributed by atoms with Gasteiger partial charge < -0.3 is 24.7 Å². The average molecular weight is 705 g/mol. The van der Waals surface area contributed by atoms with E-state index in [1.54, 1.807) is 32.1 Å². The molecule has 0 saturated carbocycles. The lowest BCUT2D eigenvalue weighted by molar-refractivity contribution is -0.127. The van der Waals surface area contributed by atoms with Crippen LogP contribution in [-0.2, 0) is 16.6 Å². The third-order valence-corrected chi connectivity index (χ3v) is 9.34. The molecule has 0 spiro atoms. The van der Waals surface area contributed by atoms with Crippen molar-refractivity contribution in [3.8, 4) is 28.1 Å². The predicted molar refractivity (Wildman–Crippen MR) is 194 cm³/mol. The summed E-state index contributed by atoms with van der Waals surface area (Å²) in [5.41, 5.74) is 9.91. The van der Waals surface area contributed by atoms with Crippen molar-refractivity contribution in [3.05, 3.63) is 83.4 Å². The Kier molecular flexibility index (Phi) is 10.8. The van der Waals surface area contributed by atoms with Crippen LogP contribution in [0.3, 0.4) is 0 Å². The van der Waals surface area contributed by atoms with Gasteiger partial charge in [0.25, 0.3) is 0 Å². The average Bonchev–Trinajstić information content (AvgIpc) is 3.59. The lowest BCUT2D eigenvalue weighted by Gasteiger charge is -2.34. The van der Waals surface area contributed by atoms with Crippen molar-refractivity contribution in [3.63, 3.8) is 0 Å². The van der Waals surface area contributed by atoms with Gasteiger partial charge in [-0.15, -0.1) is 11.3 Å².